The van der Waals surface area contributed by atoms with Crippen LogP contribution in [0.5, 0.6) is 0 Å². The average Bonchev–Trinajstić information content (AvgIpc) is 2.75. The molecular weight excluding hydrogens is 184 g/mol. The Balaban J connectivity index is 2.33. The molecule has 7 nitrogen and oxygen atoms in total. The molecule has 72 valence electrons. The van der Waals surface area contributed by atoms with E-state index in [2.05, 4.69) is 20.5 Å². The summed E-state index contributed by atoms with van der Waals surface area (Å²) in [5.41, 5.74) is 8.29. The van der Waals surface area contributed by atoms with Gasteiger partial charge in [0.05, 0.1) is 0 Å². The quantitative estimate of drug-likeness (QED) is 0.631. The monoisotopic (exact) mass is 192 g/mol. The molecule has 4 N–H and O–H groups in total. The fourth-order valence-electron chi connectivity index (χ4n) is 1.18. The summed E-state index contributed by atoms with van der Waals surface area (Å²) in [6.07, 6.45) is 5.42. The van der Waals surface area contributed by atoms with Crippen LogP contribution in [0.25, 0.3) is 0 Å². The first-order valence-electron chi connectivity index (χ1n) is 3.89. The number of nitrogens with zero attached hydrogens (tertiary/aromatic N) is 4. The lowest BCUT2D eigenvalue weighted by Gasteiger charge is -2.22. The van der Waals surface area contributed by atoms with Crippen molar-refractivity contribution in [3.8, 4) is 0 Å². The van der Waals surface area contributed by atoms with Crippen molar-refractivity contribution in [2.75, 3.05) is 0 Å². The molecule has 0 saturated heterocycles. The van der Waals surface area contributed by atoms with E-state index < -0.39 is 17.1 Å². The highest BCUT2D eigenvalue weighted by Crippen LogP contribution is 2.24. The van der Waals surface area contributed by atoms with Crippen LogP contribution >= 0.6 is 0 Å². The zero-order valence-electron chi connectivity index (χ0n) is 7.16. The van der Waals surface area contributed by atoms with Crippen molar-refractivity contribution in [1.29, 1.82) is 0 Å². The van der Waals surface area contributed by atoms with Gasteiger partial charge in [-0.3, -0.25) is 16.3 Å². The zero-order chi connectivity index (χ0) is 10.2. The van der Waals surface area contributed by atoms with Crippen LogP contribution in [0.3, 0.4) is 0 Å². The Morgan fingerprint density at radius 2 is 1.43 bits per heavy atom. The van der Waals surface area contributed by atoms with Crippen LogP contribution in [0.1, 0.15) is 0 Å². The van der Waals surface area contributed by atoms with Gasteiger partial charge in [0, 0.05) is 12.4 Å². The maximum Gasteiger partial charge on any atom is 0.228 e. The molecule has 0 aromatic carbocycles. The van der Waals surface area contributed by atoms with Gasteiger partial charge < -0.3 is 0 Å². The average molecular weight is 192 g/mol. The normalized spacial score (nSPS) is 38.4. The standard InChI is InChI=1S/C7H8N6O/c8-6(1-3-10-12-6)5(14)7(9)2-4-11-13-7/h1-4H,8-9H2. The van der Waals surface area contributed by atoms with Crippen LogP contribution in [0.2, 0.25) is 0 Å². The topological polar surface area (TPSA) is 119 Å². The minimum atomic E-state index is -1.51. The first-order valence-corrected chi connectivity index (χ1v) is 3.89. The van der Waals surface area contributed by atoms with E-state index in [4.69, 9.17) is 11.5 Å². The molecule has 0 spiro atoms. The van der Waals surface area contributed by atoms with Gasteiger partial charge in [-0.2, -0.15) is 20.5 Å². The molecule has 0 radical (unpaired) electrons. The first kappa shape index (κ1) is 8.85. The van der Waals surface area contributed by atoms with E-state index >= 15 is 0 Å². The number of rotatable bonds is 2. The minimum absolute atomic E-state index is 0.556. The van der Waals surface area contributed by atoms with Crippen LogP contribution in [-0.4, -0.2) is 17.1 Å². The molecule has 0 aliphatic carbocycles. The van der Waals surface area contributed by atoms with Crippen molar-refractivity contribution in [2.24, 2.45) is 31.9 Å². The van der Waals surface area contributed by atoms with E-state index in [1.54, 1.807) is 0 Å². The predicted molar refractivity (Wildman–Crippen MR) is 46.8 cm³/mol. The van der Waals surface area contributed by atoms with Gasteiger partial charge in [-0.1, -0.05) is 0 Å². The molecule has 0 saturated carbocycles. The molecule has 0 amide bonds. The van der Waals surface area contributed by atoms with Gasteiger partial charge in [0.25, 0.3) is 0 Å². The maximum atomic E-state index is 11.8. The smallest absolute Gasteiger partial charge is 0.228 e. The first-order chi connectivity index (χ1) is 6.57. The molecule has 2 unspecified atom stereocenters. The summed E-state index contributed by atoms with van der Waals surface area (Å²) >= 11 is 0. The molecule has 0 aromatic rings. The third-order valence-corrected chi connectivity index (χ3v) is 1.96. The number of hydrogen-bond acceptors (Lipinski definition) is 7. The van der Waals surface area contributed by atoms with Gasteiger partial charge in [-0.15, -0.1) is 0 Å². The zero-order valence-corrected chi connectivity index (χ0v) is 7.16. The highest BCUT2D eigenvalue weighted by Gasteiger charge is 2.47. The van der Waals surface area contributed by atoms with E-state index in [9.17, 15) is 4.79 Å². The number of azo groups is 2. The second-order valence-corrected chi connectivity index (χ2v) is 3.04. The van der Waals surface area contributed by atoms with Crippen LogP contribution in [0, 0.1) is 0 Å². The molecule has 2 heterocycles. The fraction of sp³-hybridized carbons (Fsp3) is 0.286. The van der Waals surface area contributed by atoms with E-state index in [-0.39, 0.29) is 0 Å². The number of Topliss-reactive ketones (excluding diaryl/α,β-unsaturated/α-hetero) is 1. The van der Waals surface area contributed by atoms with Gasteiger partial charge in [0.1, 0.15) is 0 Å². The number of nitrogens with two attached hydrogens (primary N) is 2. The van der Waals surface area contributed by atoms with Gasteiger partial charge in [0.2, 0.25) is 17.1 Å². The summed E-state index contributed by atoms with van der Waals surface area (Å²) in [5.74, 6) is -0.556. The summed E-state index contributed by atoms with van der Waals surface area (Å²) in [4.78, 5) is 11.8. The lowest BCUT2D eigenvalue weighted by atomic mass is 9.95. The van der Waals surface area contributed by atoms with Gasteiger partial charge in [-0.05, 0) is 12.2 Å². The third kappa shape index (κ3) is 1.10. The Bertz CT molecular complexity index is 333. The Kier molecular flexibility index (Phi) is 1.66. The highest BCUT2D eigenvalue weighted by molar-refractivity contribution is 5.99. The van der Waals surface area contributed by atoms with Crippen LogP contribution < -0.4 is 11.5 Å². The number of ketones is 1. The van der Waals surface area contributed by atoms with Crippen molar-refractivity contribution in [1.82, 2.24) is 0 Å². The molecule has 2 aliphatic heterocycles. The van der Waals surface area contributed by atoms with Crippen LogP contribution in [0.15, 0.2) is 45.0 Å². The maximum absolute atomic E-state index is 11.8. The lowest BCUT2D eigenvalue weighted by molar-refractivity contribution is -0.126. The van der Waals surface area contributed by atoms with Crippen molar-refractivity contribution < 1.29 is 4.79 Å². The summed E-state index contributed by atoms with van der Waals surface area (Å²) in [5, 5.41) is 14.2. The largest absolute Gasteiger partial charge is 0.296 e. The van der Waals surface area contributed by atoms with Crippen LogP contribution in [0.4, 0.5) is 0 Å². The fourth-order valence-corrected chi connectivity index (χ4v) is 1.18. The molecule has 14 heavy (non-hydrogen) atoms. The predicted octanol–water partition coefficient (Wildman–Crippen LogP) is -0.175. The van der Waals surface area contributed by atoms with Crippen molar-refractivity contribution in [2.45, 2.75) is 11.3 Å². The van der Waals surface area contributed by atoms with Crippen molar-refractivity contribution in [3.63, 3.8) is 0 Å². The Morgan fingerprint density at radius 3 is 1.71 bits per heavy atom. The Labute approximate surface area is 79.3 Å². The Hall–Kier alpha value is -1.73. The summed E-state index contributed by atoms with van der Waals surface area (Å²) in [6, 6.07) is 0. The number of carbonyl (C=O) groups is 1. The molecule has 2 aliphatic rings. The highest BCUT2D eigenvalue weighted by atomic mass is 16.1. The molecule has 0 aromatic heterocycles. The van der Waals surface area contributed by atoms with Gasteiger partial charge in [-0.25, -0.2) is 0 Å². The number of carbonyl (C=O) groups excluding carboxylic acids is 1. The van der Waals surface area contributed by atoms with Gasteiger partial charge >= 0.3 is 0 Å². The van der Waals surface area contributed by atoms with E-state index in [1.807, 2.05) is 0 Å². The SMILES string of the molecule is NC1(C(=O)C2(N)C=CN=N2)C=CN=N1. The summed E-state index contributed by atoms with van der Waals surface area (Å²) in [6.45, 7) is 0. The van der Waals surface area contributed by atoms with Gasteiger partial charge in [0.15, 0.2) is 0 Å². The number of hydrogen-bond donors (Lipinski definition) is 2. The molecule has 0 bridgehead atoms. The van der Waals surface area contributed by atoms with Crippen molar-refractivity contribution in [3.05, 3.63) is 24.6 Å². The second-order valence-electron chi connectivity index (χ2n) is 3.04. The molecule has 7 heteroatoms. The van der Waals surface area contributed by atoms with Crippen molar-refractivity contribution >= 4 is 5.78 Å². The van der Waals surface area contributed by atoms with E-state index in [1.165, 1.54) is 24.6 Å². The summed E-state index contributed by atoms with van der Waals surface area (Å²) in [7, 11) is 0. The Morgan fingerprint density at radius 1 is 1.00 bits per heavy atom. The van der Waals surface area contributed by atoms with Crippen LogP contribution in [-0.2, 0) is 4.79 Å². The molecule has 0 fully saturated rings. The molecule has 2 atom stereocenters. The van der Waals surface area contributed by atoms with E-state index in [0.717, 1.165) is 0 Å². The minimum Gasteiger partial charge on any atom is -0.296 e. The van der Waals surface area contributed by atoms with E-state index in [0.29, 0.717) is 0 Å². The summed E-state index contributed by atoms with van der Waals surface area (Å²) < 4.78 is 0. The second kappa shape index (κ2) is 2.63. The lowest BCUT2D eigenvalue weighted by Crippen LogP contribution is -2.57. The molecule has 2 rings (SSSR count). The molecular formula is C7H8N6O. The third-order valence-electron chi connectivity index (χ3n) is 1.96.